The molecule has 0 spiro atoms. The van der Waals surface area contributed by atoms with Gasteiger partial charge in [-0.15, -0.1) is 0 Å². The third-order valence-electron chi connectivity index (χ3n) is 6.18. The minimum atomic E-state index is -0.459. The van der Waals surface area contributed by atoms with E-state index < -0.39 is 11.8 Å². The van der Waals surface area contributed by atoms with Gasteiger partial charge in [-0.3, -0.25) is 0 Å². The molecule has 0 saturated heterocycles. The number of rotatable bonds is 3. The Labute approximate surface area is 195 Å². The molecule has 2 unspecified atom stereocenters. The molecule has 0 aliphatic heterocycles. The Bertz CT molecular complexity index is 1380. The maximum atomic E-state index is 10.9. The molecule has 1 aliphatic carbocycles. The molecule has 34 heavy (non-hydrogen) atoms. The number of benzene rings is 4. The lowest BCUT2D eigenvalue weighted by atomic mass is 9.79. The van der Waals surface area contributed by atoms with E-state index in [1.807, 2.05) is 6.08 Å². The minimum Gasteiger partial charge on any atom is -0.508 e. The molecule has 2 atom stereocenters. The first-order valence-electron chi connectivity index (χ1n) is 10.7. The molecular weight excluding hydrogens is 432 g/mol. The normalized spacial score (nSPS) is 18.2. The van der Waals surface area contributed by atoms with Crippen LogP contribution in [0.4, 0.5) is 0 Å². The predicted octanol–water partition coefficient (Wildman–Crippen LogP) is 5.39. The van der Waals surface area contributed by atoms with Crippen molar-refractivity contribution in [3.63, 3.8) is 0 Å². The molecule has 0 aromatic heterocycles. The predicted molar refractivity (Wildman–Crippen MR) is 128 cm³/mol. The van der Waals surface area contributed by atoms with Gasteiger partial charge in [-0.2, -0.15) is 0 Å². The van der Waals surface area contributed by atoms with Crippen LogP contribution in [0.1, 0.15) is 39.7 Å². The van der Waals surface area contributed by atoms with Crippen LogP contribution in [0.25, 0.3) is 11.6 Å². The van der Waals surface area contributed by atoms with Crippen LogP contribution in [0, 0.1) is 0 Å². The van der Waals surface area contributed by atoms with Gasteiger partial charge in [0, 0.05) is 29.5 Å². The van der Waals surface area contributed by atoms with E-state index in [0.717, 1.165) is 16.7 Å². The smallest absolute Gasteiger partial charge is 0.123 e. The molecule has 0 fully saturated rings. The van der Waals surface area contributed by atoms with E-state index in [9.17, 15) is 30.6 Å². The maximum Gasteiger partial charge on any atom is 0.123 e. The third-order valence-corrected chi connectivity index (χ3v) is 6.18. The fourth-order valence-electron chi connectivity index (χ4n) is 4.83. The van der Waals surface area contributed by atoms with Gasteiger partial charge in [0.1, 0.15) is 34.5 Å². The molecular formula is C28H22O6. The third kappa shape index (κ3) is 3.75. The summed E-state index contributed by atoms with van der Waals surface area (Å²) in [6.45, 7) is 0. The van der Waals surface area contributed by atoms with Gasteiger partial charge in [0.2, 0.25) is 0 Å². The van der Waals surface area contributed by atoms with Crippen LogP contribution in [-0.2, 0) is 0 Å². The number of allylic oxidation sites excluding steroid dienone is 1. The van der Waals surface area contributed by atoms with E-state index in [-0.39, 0.29) is 34.5 Å². The molecule has 1 aliphatic rings. The van der Waals surface area contributed by atoms with Gasteiger partial charge in [0.05, 0.1) is 0 Å². The number of hydrogen-bond donors (Lipinski definition) is 6. The Kier molecular flexibility index (Phi) is 5.06. The number of aromatic hydroxyl groups is 6. The monoisotopic (exact) mass is 454 g/mol. The van der Waals surface area contributed by atoms with Gasteiger partial charge in [-0.05, 0) is 70.3 Å². The molecule has 6 nitrogen and oxygen atoms in total. The van der Waals surface area contributed by atoms with Crippen molar-refractivity contribution in [1.82, 2.24) is 0 Å². The summed E-state index contributed by atoms with van der Waals surface area (Å²) in [6, 6.07) is 20.5. The highest BCUT2D eigenvalue weighted by Gasteiger charge is 2.41. The van der Waals surface area contributed by atoms with Gasteiger partial charge in [0.25, 0.3) is 0 Å². The number of phenols is 6. The topological polar surface area (TPSA) is 121 Å². The summed E-state index contributed by atoms with van der Waals surface area (Å²) < 4.78 is 0. The molecule has 6 heteroatoms. The summed E-state index contributed by atoms with van der Waals surface area (Å²) >= 11 is 0. The van der Waals surface area contributed by atoms with Crippen molar-refractivity contribution in [1.29, 1.82) is 0 Å². The van der Waals surface area contributed by atoms with E-state index in [1.54, 1.807) is 66.7 Å². The molecule has 0 heterocycles. The van der Waals surface area contributed by atoms with E-state index >= 15 is 0 Å². The standard InChI is InChI=1S/C28H22O6/c29-18-5-1-15(2-6-18)9-23-24-13-22(33)14-25(34)28(24)27(16-3-7-19(30)8-4-16)26(23)17-10-20(31)12-21(32)11-17/h1-14,26-27,29-34H. The zero-order valence-electron chi connectivity index (χ0n) is 17.9. The fourth-order valence-corrected chi connectivity index (χ4v) is 4.83. The molecule has 0 bridgehead atoms. The molecule has 170 valence electrons. The van der Waals surface area contributed by atoms with Crippen molar-refractivity contribution in [2.24, 2.45) is 0 Å². The zero-order chi connectivity index (χ0) is 24.0. The first-order chi connectivity index (χ1) is 16.3. The Hall–Kier alpha value is -4.58. The van der Waals surface area contributed by atoms with Crippen LogP contribution in [0.5, 0.6) is 34.5 Å². The Morgan fingerprint density at radius 3 is 1.68 bits per heavy atom. The first-order valence-corrected chi connectivity index (χ1v) is 10.7. The summed E-state index contributed by atoms with van der Waals surface area (Å²) in [4.78, 5) is 0. The lowest BCUT2D eigenvalue weighted by molar-refractivity contribution is 0.444. The SMILES string of the molecule is Oc1ccc(C=C2c3cc(O)cc(O)c3C(c3ccc(O)cc3)C2c2cc(O)cc(O)c2)cc1. The largest absolute Gasteiger partial charge is 0.508 e. The maximum absolute atomic E-state index is 10.9. The second kappa shape index (κ2) is 8.08. The quantitative estimate of drug-likeness (QED) is 0.247. The number of hydrogen-bond acceptors (Lipinski definition) is 6. The van der Waals surface area contributed by atoms with Crippen LogP contribution in [0.3, 0.4) is 0 Å². The van der Waals surface area contributed by atoms with Crippen LogP contribution in [0.15, 0.2) is 78.9 Å². The van der Waals surface area contributed by atoms with Crippen LogP contribution >= 0.6 is 0 Å². The van der Waals surface area contributed by atoms with Gasteiger partial charge in [-0.25, -0.2) is 0 Å². The summed E-state index contributed by atoms with van der Waals surface area (Å²) in [6.07, 6.45) is 1.89. The van der Waals surface area contributed by atoms with Crippen LogP contribution in [0.2, 0.25) is 0 Å². The number of fused-ring (bicyclic) bond motifs is 1. The van der Waals surface area contributed by atoms with E-state index in [2.05, 4.69) is 0 Å². The highest BCUT2D eigenvalue weighted by molar-refractivity contribution is 5.93. The highest BCUT2D eigenvalue weighted by Crippen LogP contribution is 2.58. The van der Waals surface area contributed by atoms with Gasteiger partial charge < -0.3 is 30.6 Å². The first kappa shape index (κ1) is 21.3. The van der Waals surface area contributed by atoms with E-state index in [1.165, 1.54) is 12.1 Å². The Morgan fingerprint density at radius 2 is 1.06 bits per heavy atom. The number of phenolic OH excluding ortho intramolecular Hbond substituents is 6. The molecule has 0 saturated carbocycles. The molecule has 0 amide bonds. The average Bonchev–Trinajstić information content (AvgIpc) is 3.09. The molecule has 5 rings (SSSR count). The van der Waals surface area contributed by atoms with Crippen LogP contribution < -0.4 is 0 Å². The Morgan fingerprint density at radius 1 is 0.500 bits per heavy atom. The van der Waals surface area contributed by atoms with Gasteiger partial charge >= 0.3 is 0 Å². The van der Waals surface area contributed by atoms with Crippen molar-refractivity contribution >= 4 is 11.6 Å². The average molecular weight is 454 g/mol. The van der Waals surface area contributed by atoms with Crippen LogP contribution in [-0.4, -0.2) is 30.6 Å². The molecule has 6 N–H and O–H groups in total. The van der Waals surface area contributed by atoms with E-state index in [4.69, 9.17) is 0 Å². The van der Waals surface area contributed by atoms with Crippen molar-refractivity contribution in [3.8, 4) is 34.5 Å². The van der Waals surface area contributed by atoms with Gasteiger partial charge in [0.15, 0.2) is 0 Å². The summed E-state index contributed by atoms with van der Waals surface area (Å²) in [5.74, 6) is -1.07. The van der Waals surface area contributed by atoms with Gasteiger partial charge in [-0.1, -0.05) is 30.3 Å². The second-order valence-corrected chi connectivity index (χ2v) is 8.45. The summed E-state index contributed by atoms with van der Waals surface area (Å²) in [5, 5.41) is 61.2. The van der Waals surface area contributed by atoms with Crippen molar-refractivity contribution in [2.45, 2.75) is 11.8 Å². The van der Waals surface area contributed by atoms with E-state index in [0.29, 0.717) is 16.7 Å². The zero-order valence-corrected chi connectivity index (χ0v) is 17.9. The van der Waals surface area contributed by atoms with Crippen molar-refractivity contribution in [3.05, 3.63) is 107 Å². The highest BCUT2D eigenvalue weighted by atomic mass is 16.3. The second-order valence-electron chi connectivity index (χ2n) is 8.45. The lowest BCUT2D eigenvalue weighted by Crippen LogP contribution is -2.08. The summed E-state index contributed by atoms with van der Waals surface area (Å²) in [7, 11) is 0. The lowest BCUT2D eigenvalue weighted by Gasteiger charge is -2.23. The fraction of sp³-hybridized carbons (Fsp3) is 0.0714. The van der Waals surface area contributed by atoms with Crippen molar-refractivity contribution in [2.75, 3.05) is 0 Å². The van der Waals surface area contributed by atoms with Crippen molar-refractivity contribution < 1.29 is 30.6 Å². The minimum absolute atomic E-state index is 0.0865. The summed E-state index contributed by atoms with van der Waals surface area (Å²) in [5.41, 5.74) is 4.13. The molecule has 4 aromatic carbocycles. The molecule has 4 aromatic rings. The molecule has 0 radical (unpaired) electrons. The Balaban J connectivity index is 1.82.